The average Bonchev–Trinajstić information content (AvgIpc) is 3.55. The van der Waals surface area contributed by atoms with Gasteiger partial charge in [-0.15, -0.1) is 0 Å². The normalized spacial score (nSPS) is 23.4. The van der Waals surface area contributed by atoms with Gasteiger partial charge in [-0.25, -0.2) is 8.78 Å². The highest BCUT2D eigenvalue weighted by Gasteiger charge is 2.49. The molecule has 0 aliphatic carbocycles. The zero-order valence-corrected chi connectivity index (χ0v) is 25.2. The third-order valence-electron chi connectivity index (χ3n) is 9.95. The molecule has 2 N–H and O–H groups in total. The molecule has 7 rings (SSSR count). The molecule has 0 bridgehead atoms. The number of ether oxygens (including phenoxy) is 2. The van der Waals surface area contributed by atoms with Crippen molar-refractivity contribution < 1.29 is 23.4 Å². The Kier molecular flexibility index (Phi) is 7.50. The lowest BCUT2D eigenvalue weighted by Crippen LogP contribution is -2.53. The number of benzene rings is 2. The zero-order chi connectivity index (χ0) is 30.5. The van der Waals surface area contributed by atoms with Crippen LogP contribution in [0.5, 0.6) is 11.8 Å². The van der Waals surface area contributed by atoms with E-state index in [4.69, 9.17) is 14.5 Å². The van der Waals surface area contributed by atoms with Gasteiger partial charge in [-0.3, -0.25) is 9.88 Å². The fourth-order valence-electron chi connectivity index (χ4n) is 7.34. The smallest absolute Gasteiger partial charge is 0.319 e. The zero-order valence-electron chi connectivity index (χ0n) is 25.2. The highest BCUT2D eigenvalue weighted by atomic mass is 19.1. The molecule has 4 aromatic rings. The first-order valence-corrected chi connectivity index (χ1v) is 15.4. The van der Waals surface area contributed by atoms with E-state index in [1.807, 2.05) is 24.3 Å². The van der Waals surface area contributed by atoms with Gasteiger partial charge in [0.1, 0.15) is 35.6 Å². The van der Waals surface area contributed by atoms with Crippen LogP contribution in [0.15, 0.2) is 42.6 Å². The van der Waals surface area contributed by atoms with E-state index < -0.39 is 17.5 Å². The Bertz CT molecular complexity index is 1700. The number of pyridine rings is 1. The summed E-state index contributed by atoms with van der Waals surface area (Å²) in [7, 11) is 4.11. The largest absolute Gasteiger partial charge is 0.508 e. The van der Waals surface area contributed by atoms with Crippen LogP contribution in [0.25, 0.3) is 32.9 Å². The van der Waals surface area contributed by atoms with E-state index in [2.05, 4.69) is 39.2 Å². The molecule has 5 heterocycles. The van der Waals surface area contributed by atoms with Crippen LogP contribution < -0.4 is 10.1 Å². The van der Waals surface area contributed by atoms with Crippen LogP contribution in [0.1, 0.15) is 32.1 Å². The van der Waals surface area contributed by atoms with Crippen LogP contribution in [-0.4, -0.2) is 101 Å². The molecule has 3 aliphatic heterocycles. The molecule has 11 heteroatoms. The van der Waals surface area contributed by atoms with Crippen LogP contribution in [0.2, 0.25) is 0 Å². The first kappa shape index (κ1) is 29.1. The molecule has 1 unspecified atom stereocenters. The van der Waals surface area contributed by atoms with Crippen LogP contribution in [0, 0.1) is 5.82 Å². The standard InChI is InChI=1S/C33H38F2N6O3/c1-40(2)32(9-12-43-13-10-32)19-37-30-26-17-36-28(25-15-23(42)14-21-6-3-4-7-24(21)25)27(35)29(26)38-31(39-30)44-20-33-8-5-11-41(33)18-22(34)16-33/h3-4,6-7,14-15,17,22,42H,5,8-13,16,18-20H2,1-2H3,(H,37,38,39)/t22-,33?/m1/s1. The Labute approximate surface area is 255 Å². The lowest BCUT2D eigenvalue weighted by Gasteiger charge is -2.43. The quantitative estimate of drug-likeness (QED) is 0.283. The lowest BCUT2D eigenvalue weighted by molar-refractivity contribution is -0.000660. The summed E-state index contributed by atoms with van der Waals surface area (Å²) in [6.07, 6.45) is 4.59. The predicted molar refractivity (Wildman–Crippen MR) is 165 cm³/mol. The van der Waals surface area contributed by atoms with E-state index in [1.54, 1.807) is 12.3 Å². The summed E-state index contributed by atoms with van der Waals surface area (Å²) in [5, 5.41) is 15.9. The Balaban J connectivity index is 1.30. The number of hydrogen-bond acceptors (Lipinski definition) is 9. The number of hydrogen-bond donors (Lipinski definition) is 2. The van der Waals surface area contributed by atoms with Gasteiger partial charge in [0.25, 0.3) is 0 Å². The minimum Gasteiger partial charge on any atom is -0.508 e. The summed E-state index contributed by atoms with van der Waals surface area (Å²) in [6.45, 7) is 3.35. The molecule has 2 aromatic carbocycles. The second kappa shape index (κ2) is 11.4. The van der Waals surface area contributed by atoms with Crippen molar-refractivity contribution in [3.8, 4) is 23.0 Å². The minimum atomic E-state index is -0.890. The number of fused-ring (bicyclic) bond motifs is 3. The number of alkyl halides is 1. The Morgan fingerprint density at radius 3 is 2.77 bits per heavy atom. The molecule has 3 fully saturated rings. The third kappa shape index (κ3) is 5.10. The molecule has 0 saturated carbocycles. The van der Waals surface area contributed by atoms with Crippen molar-refractivity contribution in [2.24, 2.45) is 0 Å². The fraction of sp³-hybridized carbons (Fsp3) is 0.485. The number of anilines is 1. The molecule has 0 radical (unpaired) electrons. The number of likely N-dealkylation sites (N-methyl/N-ethyl adjacent to an activating group) is 1. The highest BCUT2D eigenvalue weighted by Crippen LogP contribution is 2.41. The fourth-order valence-corrected chi connectivity index (χ4v) is 7.34. The lowest BCUT2D eigenvalue weighted by atomic mass is 9.88. The van der Waals surface area contributed by atoms with E-state index in [0.29, 0.717) is 49.5 Å². The molecule has 0 spiro atoms. The van der Waals surface area contributed by atoms with Crippen molar-refractivity contribution in [2.45, 2.75) is 49.4 Å². The summed E-state index contributed by atoms with van der Waals surface area (Å²) in [4.78, 5) is 18.2. The van der Waals surface area contributed by atoms with Gasteiger partial charge >= 0.3 is 6.01 Å². The predicted octanol–water partition coefficient (Wildman–Crippen LogP) is 5.17. The van der Waals surface area contributed by atoms with Crippen molar-refractivity contribution in [3.05, 3.63) is 48.4 Å². The molecule has 3 aliphatic rings. The summed E-state index contributed by atoms with van der Waals surface area (Å²) >= 11 is 0. The molecule has 3 saturated heterocycles. The molecule has 0 amide bonds. The number of aromatic nitrogens is 3. The first-order chi connectivity index (χ1) is 21.3. The van der Waals surface area contributed by atoms with Gasteiger partial charge in [-0.05, 0) is 69.2 Å². The van der Waals surface area contributed by atoms with E-state index in [1.165, 1.54) is 6.07 Å². The second-order valence-electron chi connectivity index (χ2n) is 12.7. The monoisotopic (exact) mass is 604 g/mol. The second-order valence-corrected chi connectivity index (χ2v) is 12.7. The van der Waals surface area contributed by atoms with E-state index in [0.717, 1.165) is 43.0 Å². The van der Waals surface area contributed by atoms with Gasteiger partial charge in [-0.2, -0.15) is 9.97 Å². The SMILES string of the molecule is CN(C)C1(CNc2nc(OCC34CCCN3C[C@H](F)C4)nc3c(F)c(-c4cc(O)cc5ccccc45)ncc23)CCOCC1. The third-order valence-corrected chi connectivity index (χ3v) is 9.95. The van der Waals surface area contributed by atoms with Crippen molar-refractivity contribution in [2.75, 3.05) is 58.9 Å². The number of nitrogens with zero attached hydrogens (tertiary/aromatic N) is 5. The molecular weight excluding hydrogens is 566 g/mol. The number of aromatic hydroxyl groups is 1. The van der Waals surface area contributed by atoms with Gasteiger partial charge in [0.2, 0.25) is 0 Å². The maximum absolute atomic E-state index is 16.6. The van der Waals surface area contributed by atoms with Crippen molar-refractivity contribution in [3.63, 3.8) is 0 Å². The van der Waals surface area contributed by atoms with Gasteiger partial charge in [-0.1, -0.05) is 24.3 Å². The molecule has 232 valence electrons. The van der Waals surface area contributed by atoms with E-state index in [-0.39, 0.29) is 35.1 Å². The highest BCUT2D eigenvalue weighted by molar-refractivity contribution is 5.99. The van der Waals surface area contributed by atoms with Crippen molar-refractivity contribution in [1.29, 1.82) is 0 Å². The minimum absolute atomic E-state index is 0.0163. The molecule has 44 heavy (non-hydrogen) atoms. The number of halogens is 2. The maximum Gasteiger partial charge on any atom is 0.319 e. The summed E-state index contributed by atoms with van der Waals surface area (Å²) in [5.74, 6) is -0.193. The Hall–Kier alpha value is -3.67. The number of phenols is 1. The van der Waals surface area contributed by atoms with E-state index in [9.17, 15) is 9.50 Å². The van der Waals surface area contributed by atoms with Crippen LogP contribution in [-0.2, 0) is 4.74 Å². The van der Waals surface area contributed by atoms with Crippen molar-refractivity contribution in [1.82, 2.24) is 24.8 Å². The topological polar surface area (TPSA) is 95.9 Å². The van der Waals surface area contributed by atoms with Gasteiger partial charge < -0.3 is 24.8 Å². The Morgan fingerprint density at radius 2 is 1.95 bits per heavy atom. The number of nitrogens with one attached hydrogen (secondary N) is 1. The molecule has 2 aromatic heterocycles. The van der Waals surface area contributed by atoms with Crippen molar-refractivity contribution >= 4 is 27.5 Å². The summed E-state index contributed by atoms with van der Waals surface area (Å²) < 4.78 is 42.9. The van der Waals surface area contributed by atoms with E-state index >= 15 is 4.39 Å². The summed E-state index contributed by atoms with van der Waals surface area (Å²) in [6, 6.07) is 10.7. The Morgan fingerprint density at radius 1 is 1.14 bits per heavy atom. The number of rotatable bonds is 8. The molecule has 9 nitrogen and oxygen atoms in total. The number of phenolic OH excluding ortho intramolecular Hbond substituents is 1. The van der Waals surface area contributed by atoms with Gasteiger partial charge in [0.15, 0.2) is 5.82 Å². The molecule has 2 atom stereocenters. The molecular formula is C33H38F2N6O3. The first-order valence-electron chi connectivity index (χ1n) is 15.4. The average molecular weight is 605 g/mol. The van der Waals surface area contributed by atoms with Crippen LogP contribution in [0.4, 0.5) is 14.6 Å². The van der Waals surface area contributed by atoms with Gasteiger partial charge in [0.05, 0.1) is 10.9 Å². The van der Waals surface area contributed by atoms with Crippen LogP contribution in [0.3, 0.4) is 0 Å². The summed E-state index contributed by atoms with van der Waals surface area (Å²) in [5.41, 5.74) is 0.0315. The maximum atomic E-state index is 16.6. The van der Waals surface area contributed by atoms with Crippen LogP contribution >= 0.6 is 0 Å². The van der Waals surface area contributed by atoms with Gasteiger partial charge in [0, 0.05) is 50.0 Å².